The van der Waals surface area contributed by atoms with Gasteiger partial charge < -0.3 is 54.5 Å². The van der Waals surface area contributed by atoms with Crippen molar-refractivity contribution in [2.45, 2.75) is 47.3 Å². The number of amidine groups is 3. The average Bonchev–Trinajstić information content (AvgIpc) is 0.424. The number of hydrogen-bond donors (Lipinski definition) is 16. The second-order valence-corrected chi connectivity index (χ2v) is 31.9. The van der Waals surface area contributed by atoms with Gasteiger partial charge in [0.25, 0.3) is 23.6 Å². The van der Waals surface area contributed by atoms with Gasteiger partial charge in [-0.15, -0.1) is 0 Å². The van der Waals surface area contributed by atoms with Crippen molar-refractivity contribution in [2.75, 3.05) is 27.0 Å². The number of halogens is 4. The van der Waals surface area contributed by atoms with Crippen LogP contribution in [0.5, 0.6) is 5.75 Å². The topological polar surface area (TPSA) is 595 Å². The summed E-state index contributed by atoms with van der Waals surface area (Å²) in [6, 6.07) is 63.2. The first-order valence-electron chi connectivity index (χ1n) is 38.2. The Labute approximate surface area is 760 Å². The van der Waals surface area contributed by atoms with E-state index in [2.05, 4.69) is 68.5 Å². The molecule has 0 aliphatic carbocycles. The van der Waals surface area contributed by atoms with Gasteiger partial charge in [-0.2, -0.15) is 40.7 Å². The fraction of sp³-hybridized carbons (Fsp3) is 0.0444. The van der Waals surface area contributed by atoms with Crippen LogP contribution in [0.4, 0.5) is 46.7 Å². The first-order chi connectivity index (χ1) is 63.3. The molecule has 24 N–H and O–H groups in total. The van der Waals surface area contributed by atoms with Crippen LogP contribution in [-0.4, -0.2) is 93.2 Å². The number of nitrogens with two attached hydrogens (primary N) is 8. The number of nitrogens with one attached hydrogen (secondary N) is 6. The third-order valence-electron chi connectivity index (χ3n) is 19.2. The second-order valence-electron chi connectivity index (χ2n) is 27.4. The summed E-state index contributed by atoms with van der Waals surface area (Å²) in [5.41, 5.74) is 29.7. The standard InChI is InChI=1S/C24H20FN5O3S.2C22H20FN5O4S.C22H20FN5O3S/c1-14(16-7-6-15-10-11-28-23(26)19(15)12-16)22(25)24(31)30-21-9-8-17(13-29-21)18-4-2-3-5-20(18)34(32)33-27;1-13(14-5-4-6-15(11-14)21(24)28-30)20(23)22(29)27-19-10-9-16(12-26-19)17-7-2-3-8-18(17)33(31)32-25;1-12(16-10-13(21(24)25)6-8-17(16)29)20(23)22(30)28-19-9-7-14(11-27-19)15-4-2-3-5-18(15)33(31)32-26;1-13(14-5-4-6-15(11-14)21(24)25)20(23)22(29)28-19-10-9-16(12-27-19)17-7-2-3-8-18(17)32(30)31-26/h2-13H,27H2,1H3,(H2,26,28)(H,29,30,31);2-12,30H,25H2,1H3,(H2,24,28)(H,26,27,29);2-11,29H,26H2,1H3,(H3,24,25)(H,27,28,30);2-12H,26H2,1H3,(H3,24,25)(H,27,28,29)/b22-14+;20-13+;20-12+;20-13+. The highest BCUT2D eigenvalue weighted by atomic mass is 32.2. The van der Waals surface area contributed by atoms with E-state index in [0.717, 1.165) is 5.39 Å². The zero-order valence-corrected chi connectivity index (χ0v) is 72.9. The number of hydrogen-bond acceptors (Lipinski definition) is 27. The molecule has 5 heterocycles. The normalized spacial score (nSPS) is 12.8. The molecule has 0 saturated heterocycles. The number of phenolic OH excluding ortho intramolecular Hbond substituents is 1. The third kappa shape index (κ3) is 25.0. The number of pyridine rings is 5. The van der Waals surface area contributed by atoms with Crippen molar-refractivity contribution >= 4 is 148 Å². The van der Waals surface area contributed by atoms with Crippen LogP contribution in [0.2, 0.25) is 0 Å². The van der Waals surface area contributed by atoms with Crippen molar-refractivity contribution in [2.24, 2.45) is 45.9 Å². The van der Waals surface area contributed by atoms with Crippen LogP contribution in [0.15, 0.2) is 316 Å². The monoisotopic (exact) mass is 1870 g/mol. The Morgan fingerprint density at radius 2 is 0.674 bits per heavy atom. The molecule has 13 aromatic rings. The lowest BCUT2D eigenvalue weighted by atomic mass is 10.0. The minimum absolute atomic E-state index is 0.0328. The van der Waals surface area contributed by atoms with Gasteiger partial charge in [0.1, 0.15) is 46.5 Å². The van der Waals surface area contributed by atoms with Crippen molar-refractivity contribution in [1.82, 2.24) is 24.9 Å². The lowest BCUT2D eigenvalue weighted by molar-refractivity contribution is -0.114. The zero-order chi connectivity index (χ0) is 95.6. The maximum Gasteiger partial charge on any atom is 0.285 e. The van der Waals surface area contributed by atoms with Crippen LogP contribution < -0.4 is 67.8 Å². The van der Waals surface area contributed by atoms with Crippen LogP contribution in [-0.2, 0) is 80.6 Å². The lowest BCUT2D eigenvalue weighted by Crippen LogP contribution is -2.15. The average molecular weight is 1870 g/mol. The van der Waals surface area contributed by atoms with Gasteiger partial charge >= 0.3 is 0 Å². The first-order valence-corrected chi connectivity index (χ1v) is 42.5. The van der Waals surface area contributed by atoms with Gasteiger partial charge in [0, 0.05) is 109 Å². The SMILES string of the molecule is C/C(=C(\F)C(=O)Nc1ccc(-c2ccccc2S(=O)ON)cn1)c1cc(C(=N)N)ccc1O.C/C(=C(\F)C(=O)Nc1ccc(-c2ccccc2S(=O)ON)cn1)c1ccc2ccnc(N)c2c1.C/C(=C(\F)C(=O)Nc1ccc(-c2ccccc2S(=O)ON)cn1)c1cccc(/C(N)=N/O)c1.C/C(=C(\F)C(=O)Nc1ccc(-c2ccccc2S(=O)ON)cn1)c1cccc(C(=N)N)c1. The summed E-state index contributed by atoms with van der Waals surface area (Å²) in [4.78, 5) is 71.7. The minimum Gasteiger partial charge on any atom is -0.507 e. The van der Waals surface area contributed by atoms with Gasteiger partial charge in [-0.05, 0) is 182 Å². The second kappa shape index (κ2) is 46.4. The van der Waals surface area contributed by atoms with E-state index in [-0.39, 0.29) is 79.9 Å². The van der Waals surface area contributed by atoms with E-state index < -0.39 is 91.3 Å². The maximum atomic E-state index is 14.9. The number of nitrogen functional groups attached to an aromatic ring is 3. The molecular formula is C90H80F4N20O14S4. The highest BCUT2D eigenvalue weighted by Gasteiger charge is 2.24. The van der Waals surface area contributed by atoms with Crippen molar-refractivity contribution < 1.29 is 81.0 Å². The van der Waals surface area contributed by atoms with Crippen molar-refractivity contribution in [1.29, 1.82) is 10.8 Å². The van der Waals surface area contributed by atoms with Crippen molar-refractivity contribution in [3.63, 3.8) is 0 Å². The predicted octanol–water partition coefficient (Wildman–Crippen LogP) is 13.5. The Kier molecular flexibility index (Phi) is 34.7. The third-order valence-corrected chi connectivity index (χ3v) is 22.8. The number of anilines is 5. The molecule has 0 spiro atoms. The molecule has 0 radical (unpaired) electrons. The van der Waals surface area contributed by atoms with E-state index in [1.54, 1.807) is 188 Å². The van der Waals surface area contributed by atoms with E-state index in [0.29, 0.717) is 103 Å². The Morgan fingerprint density at radius 3 is 1.00 bits per heavy atom. The quantitative estimate of drug-likeness (QED) is 0.00568. The van der Waals surface area contributed by atoms with E-state index in [1.165, 1.54) is 107 Å². The molecule has 4 unspecified atom stereocenters. The summed E-state index contributed by atoms with van der Waals surface area (Å²) >= 11 is -7.42. The molecule has 4 amide bonds. The molecule has 132 heavy (non-hydrogen) atoms. The van der Waals surface area contributed by atoms with Crippen LogP contribution in [0.25, 0.3) is 77.6 Å². The molecule has 0 aliphatic rings. The van der Waals surface area contributed by atoms with Gasteiger partial charge in [0.15, 0.2) is 29.1 Å². The number of aromatic nitrogens is 5. The van der Waals surface area contributed by atoms with Crippen molar-refractivity contribution in [3.05, 3.63) is 330 Å². The number of carbonyl (C=O) groups excluding carboxylic acids is 4. The summed E-state index contributed by atoms with van der Waals surface area (Å²) < 4.78 is 125. The van der Waals surface area contributed by atoms with Gasteiger partial charge in [0.05, 0.1) is 19.6 Å². The van der Waals surface area contributed by atoms with Crippen LogP contribution in [0.1, 0.15) is 66.6 Å². The number of aromatic hydroxyl groups is 1. The number of phenols is 1. The summed E-state index contributed by atoms with van der Waals surface area (Å²) in [6.45, 7) is 5.73. The fourth-order valence-corrected chi connectivity index (χ4v) is 14.9. The fourth-order valence-electron chi connectivity index (χ4n) is 12.3. The Morgan fingerprint density at radius 1 is 0.371 bits per heavy atom. The molecule has 34 nitrogen and oxygen atoms in total. The smallest absolute Gasteiger partial charge is 0.285 e. The molecule has 5 aromatic heterocycles. The molecule has 676 valence electrons. The Balaban J connectivity index is 0.000000183. The van der Waals surface area contributed by atoms with E-state index in [1.807, 2.05) is 0 Å². The number of carbonyl (C=O) groups is 4. The highest BCUT2D eigenvalue weighted by Crippen LogP contribution is 2.36. The zero-order valence-electron chi connectivity index (χ0n) is 69.6. The molecule has 0 bridgehead atoms. The molecule has 0 saturated carbocycles. The summed E-state index contributed by atoms with van der Waals surface area (Å²) in [7, 11) is 0. The summed E-state index contributed by atoms with van der Waals surface area (Å²) in [5.74, 6) is 12.0. The van der Waals surface area contributed by atoms with Crippen LogP contribution in [0.3, 0.4) is 0 Å². The molecular weight excluding hydrogens is 1790 g/mol. The number of amides is 4. The van der Waals surface area contributed by atoms with Gasteiger partial charge in [-0.1, -0.05) is 126 Å². The molecule has 42 heteroatoms. The number of rotatable bonds is 27. The molecule has 4 atom stereocenters. The summed E-state index contributed by atoms with van der Waals surface area (Å²) in [6.07, 6.45) is 7.37. The molecule has 0 aliphatic heterocycles. The van der Waals surface area contributed by atoms with Crippen LogP contribution >= 0.6 is 0 Å². The van der Waals surface area contributed by atoms with E-state index in [9.17, 15) is 58.7 Å². The number of benzene rings is 8. The molecule has 8 aromatic carbocycles. The molecule has 0 fully saturated rings. The maximum absolute atomic E-state index is 14.9. The highest BCUT2D eigenvalue weighted by molar-refractivity contribution is 7.81. The number of fused-ring (bicyclic) bond motifs is 1. The van der Waals surface area contributed by atoms with Gasteiger partial charge in [-0.25, -0.2) is 59.3 Å². The van der Waals surface area contributed by atoms with Crippen LogP contribution in [0, 0.1) is 10.8 Å². The lowest BCUT2D eigenvalue weighted by Gasteiger charge is -2.10. The molecule has 13 rings (SSSR count). The minimum atomic E-state index is -1.87. The Hall–Kier alpha value is -15.6. The largest absolute Gasteiger partial charge is 0.507 e. The van der Waals surface area contributed by atoms with Crippen molar-refractivity contribution in [3.8, 4) is 50.3 Å². The van der Waals surface area contributed by atoms with Gasteiger partial charge in [-0.3, -0.25) is 30.0 Å². The number of oxime groups is 1. The Bertz CT molecular complexity index is 6820. The number of allylic oxidation sites excluding steroid dienone is 4. The predicted molar refractivity (Wildman–Crippen MR) is 496 cm³/mol. The first kappa shape index (κ1) is 98.6. The summed E-state index contributed by atoms with van der Waals surface area (Å²) in [5, 5.41) is 47.8. The van der Waals surface area contributed by atoms with Gasteiger partial charge in [0.2, 0.25) is 44.3 Å². The number of nitrogens with zero attached hydrogens (tertiary/aromatic N) is 6. The van der Waals surface area contributed by atoms with E-state index >= 15 is 0 Å². The van der Waals surface area contributed by atoms with E-state index in [4.69, 9.17) is 62.5 Å².